The maximum absolute atomic E-state index is 12.3. The molecule has 1 rings (SSSR count). The third-order valence-corrected chi connectivity index (χ3v) is 4.17. The van der Waals surface area contributed by atoms with Gasteiger partial charge < -0.3 is 24.3 Å². The van der Waals surface area contributed by atoms with Crippen LogP contribution >= 0.6 is 0 Å². The van der Waals surface area contributed by atoms with Crippen molar-refractivity contribution in [2.24, 2.45) is 5.92 Å². The first kappa shape index (κ1) is 23.9. The molecule has 10 nitrogen and oxygen atoms in total. The third kappa shape index (κ3) is 6.74. The van der Waals surface area contributed by atoms with E-state index >= 15 is 0 Å². The SMILES string of the molecule is COC(=O)C1=C(C(=O)OC)C(COC(C)=O)C=C(CC(NC(C)=O)C(=O)OC)C1. The van der Waals surface area contributed by atoms with E-state index in [1.165, 1.54) is 21.0 Å². The minimum absolute atomic E-state index is 0.0125. The number of methoxy groups -OCH3 is 3. The van der Waals surface area contributed by atoms with Crippen LogP contribution in [0.15, 0.2) is 22.8 Å². The number of carbonyl (C=O) groups excluding carboxylic acids is 5. The van der Waals surface area contributed by atoms with Crippen LogP contribution in [0.2, 0.25) is 0 Å². The highest BCUT2D eigenvalue weighted by Gasteiger charge is 2.34. The molecule has 10 heteroatoms. The topological polar surface area (TPSA) is 134 Å². The van der Waals surface area contributed by atoms with Crippen molar-refractivity contribution in [2.45, 2.75) is 32.7 Å². The molecule has 0 saturated carbocycles. The van der Waals surface area contributed by atoms with Gasteiger partial charge in [0.25, 0.3) is 0 Å². The fraction of sp³-hybridized carbons (Fsp3) is 0.526. The molecule has 2 atom stereocenters. The lowest BCUT2D eigenvalue weighted by Crippen LogP contribution is -2.41. The van der Waals surface area contributed by atoms with Gasteiger partial charge in [0.15, 0.2) is 0 Å². The summed E-state index contributed by atoms with van der Waals surface area (Å²) in [7, 11) is 3.51. The number of carbonyl (C=O) groups is 5. The molecule has 2 unspecified atom stereocenters. The number of hydrogen-bond acceptors (Lipinski definition) is 9. The summed E-state index contributed by atoms with van der Waals surface area (Å²) in [5.41, 5.74) is 0.596. The predicted molar refractivity (Wildman–Crippen MR) is 98.1 cm³/mol. The lowest BCUT2D eigenvalue weighted by Gasteiger charge is -2.26. The molecular formula is C19H25NO9. The molecule has 1 N–H and O–H groups in total. The number of esters is 4. The third-order valence-electron chi connectivity index (χ3n) is 4.17. The van der Waals surface area contributed by atoms with Gasteiger partial charge in [0.1, 0.15) is 12.6 Å². The highest BCUT2D eigenvalue weighted by atomic mass is 16.5. The molecule has 0 saturated heterocycles. The first-order valence-corrected chi connectivity index (χ1v) is 8.72. The Morgan fingerprint density at radius 3 is 2.14 bits per heavy atom. The Morgan fingerprint density at radius 2 is 1.66 bits per heavy atom. The molecule has 0 radical (unpaired) electrons. The molecule has 1 aliphatic rings. The average molecular weight is 411 g/mol. The van der Waals surface area contributed by atoms with Gasteiger partial charge in [-0.3, -0.25) is 9.59 Å². The fourth-order valence-corrected chi connectivity index (χ4v) is 2.98. The quantitative estimate of drug-likeness (QED) is 0.338. The molecule has 1 aliphatic carbocycles. The molecular weight excluding hydrogens is 386 g/mol. The Bertz CT molecular complexity index is 751. The molecule has 0 aliphatic heterocycles. The van der Waals surface area contributed by atoms with Gasteiger partial charge in [-0.25, -0.2) is 14.4 Å². The second-order valence-corrected chi connectivity index (χ2v) is 6.27. The molecule has 0 bridgehead atoms. The first-order valence-electron chi connectivity index (χ1n) is 8.72. The number of nitrogens with one attached hydrogen (secondary N) is 1. The van der Waals surface area contributed by atoms with Gasteiger partial charge in [-0.1, -0.05) is 11.6 Å². The van der Waals surface area contributed by atoms with Crippen LogP contribution in [-0.2, 0) is 42.9 Å². The second-order valence-electron chi connectivity index (χ2n) is 6.27. The van der Waals surface area contributed by atoms with Crippen molar-refractivity contribution in [2.75, 3.05) is 27.9 Å². The van der Waals surface area contributed by atoms with Gasteiger partial charge in [0, 0.05) is 26.2 Å². The number of amides is 1. The normalized spacial score (nSPS) is 16.9. The Kier molecular flexibility index (Phi) is 9.04. The molecule has 0 heterocycles. The minimum atomic E-state index is -0.989. The van der Waals surface area contributed by atoms with Gasteiger partial charge >= 0.3 is 23.9 Å². The molecule has 29 heavy (non-hydrogen) atoms. The maximum atomic E-state index is 12.3. The van der Waals surface area contributed by atoms with Crippen molar-refractivity contribution < 1.29 is 42.9 Å². The van der Waals surface area contributed by atoms with E-state index < -0.39 is 41.7 Å². The van der Waals surface area contributed by atoms with E-state index in [9.17, 15) is 24.0 Å². The van der Waals surface area contributed by atoms with Crippen molar-refractivity contribution in [1.29, 1.82) is 0 Å². The van der Waals surface area contributed by atoms with Gasteiger partial charge in [-0.05, 0) is 6.42 Å². The molecule has 0 aromatic carbocycles. The smallest absolute Gasteiger partial charge is 0.335 e. The zero-order valence-corrected chi connectivity index (χ0v) is 17.0. The van der Waals surface area contributed by atoms with Crippen LogP contribution in [0.3, 0.4) is 0 Å². The Labute approximate surface area is 168 Å². The van der Waals surface area contributed by atoms with Gasteiger partial charge in [0.05, 0.1) is 32.5 Å². The monoisotopic (exact) mass is 411 g/mol. The summed E-state index contributed by atoms with van der Waals surface area (Å²) in [5, 5.41) is 2.48. The zero-order valence-electron chi connectivity index (χ0n) is 17.0. The fourth-order valence-electron chi connectivity index (χ4n) is 2.98. The van der Waals surface area contributed by atoms with Crippen LogP contribution in [0, 0.1) is 5.92 Å². The summed E-state index contributed by atoms with van der Waals surface area (Å²) in [5.74, 6) is -3.98. The van der Waals surface area contributed by atoms with E-state index in [1.54, 1.807) is 6.08 Å². The van der Waals surface area contributed by atoms with Crippen LogP contribution in [0.1, 0.15) is 26.7 Å². The number of hydrogen-bond donors (Lipinski definition) is 1. The molecule has 160 valence electrons. The van der Waals surface area contributed by atoms with Crippen molar-refractivity contribution in [3.8, 4) is 0 Å². The molecule has 0 aromatic rings. The first-order chi connectivity index (χ1) is 13.6. The van der Waals surface area contributed by atoms with Crippen molar-refractivity contribution in [3.63, 3.8) is 0 Å². The Hall–Kier alpha value is -3.17. The molecule has 1 amide bonds. The largest absolute Gasteiger partial charge is 0.467 e. The minimum Gasteiger partial charge on any atom is -0.467 e. The average Bonchev–Trinajstić information content (AvgIpc) is 2.68. The Morgan fingerprint density at radius 1 is 1.03 bits per heavy atom. The summed E-state index contributed by atoms with van der Waals surface area (Å²) in [6.07, 6.45) is 1.62. The van der Waals surface area contributed by atoms with E-state index in [4.69, 9.17) is 18.9 Å². The number of ether oxygens (including phenoxy) is 4. The standard InChI is InChI=1S/C19H25NO9/c1-10(21)20-15(18(24)27-4)8-12-6-13(9-29-11(2)22)16(19(25)28-5)14(7-12)17(23)26-3/h6,13,15H,7-9H2,1-5H3,(H,20,21). The van der Waals surface area contributed by atoms with E-state index in [2.05, 4.69) is 5.32 Å². The van der Waals surface area contributed by atoms with Crippen molar-refractivity contribution in [3.05, 3.63) is 22.8 Å². The lowest BCUT2D eigenvalue weighted by atomic mass is 9.82. The van der Waals surface area contributed by atoms with E-state index in [0.717, 1.165) is 14.2 Å². The summed E-state index contributed by atoms with van der Waals surface area (Å²) in [6.45, 7) is 2.25. The number of rotatable bonds is 8. The lowest BCUT2D eigenvalue weighted by molar-refractivity contribution is -0.144. The highest BCUT2D eigenvalue weighted by molar-refractivity contribution is 6.02. The van der Waals surface area contributed by atoms with Crippen molar-refractivity contribution in [1.82, 2.24) is 5.32 Å². The summed E-state index contributed by atoms with van der Waals surface area (Å²) >= 11 is 0. The summed E-state index contributed by atoms with van der Waals surface area (Å²) in [6, 6.07) is -0.989. The summed E-state index contributed by atoms with van der Waals surface area (Å²) < 4.78 is 19.3. The van der Waals surface area contributed by atoms with Crippen LogP contribution in [-0.4, -0.2) is 63.8 Å². The van der Waals surface area contributed by atoms with Crippen LogP contribution in [0.4, 0.5) is 0 Å². The van der Waals surface area contributed by atoms with Crippen LogP contribution in [0.5, 0.6) is 0 Å². The van der Waals surface area contributed by atoms with Gasteiger partial charge in [0.2, 0.25) is 5.91 Å². The highest BCUT2D eigenvalue weighted by Crippen LogP contribution is 2.33. The molecule has 0 spiro atoms. The van der Waals surface area contributed by atoms with E-state index in [-0.39, 0.29) is 30.6 Å². The molecule has 0 fully saturated rings. The van der Waals surface area contributed by atoms with E-state index in [1.807, 2.05) is 0 Å². The maximum Gasteiger partial charge on any atom is 0.335 e. The van der Waals surface area contributed by atoms with Gasteiger partial charge in [-0.15, -0.1) is 0 Å². The second kappa shape index (κ2) is 11.0. The Balaban J connectivity index is 3.33. The van der Waals surface area contributed by atoms with E-state index in [0.29, 0.717) is 5.57 Å². The zero-order chi connectivity index (χ0) is 22.1. The predicted octanol–water partition coefficient (Wildman–Crippen LogP) is 0.206. The van der Waals surface area contributed by atoms with Crippen molar-refractivity contribution >= 4 is 29.8 Å². The molecule has 0 aromatic heterocycles. The summed E-state index contributed by atoms with van der Waals surface area (Å²) in [4.78, 5) is 59.2. The van der Waals surface area contributed by atoms with Gasteiger partial charge in [-0.2, -0.15) is 0 Å². The van der Waals surface area contributed by atoms with Crippen LogP contribution in [0.25, 0.3) is 0 Å². The van der Waals surface area contributed by atoms with Crippen LogP contribution < -0.4 is 5.32 Å².